The molecule has 1 aliphatic heterocycles. The van der Waals surface area contributed by atoms with Crippen LogP contribution in [0.2, 0.25) is 0 Å². The number of rotatable bonds is 7. The number of aromatic nitrogens is 5. The standard InChI is InChI=1S/C22H24F3N7O4/c1-34-17-7-12(18(26)33)6-16-30-31-19(32(16)17)11-3-2-4-13(5-11)28-21-27-8-15(22(23,24)25)20(29-21)36-14-9-35-10-14/h6-8,11,13-14H,2-5,9-10H2,1H3,(H2,26,33)(H,27,28,29)/t11-,13+/m0/s1. The van der Waals surface area contributed by atoms with E-state index in [9.17, 15) is 18.0 Å². The molecule has 0 unspecified atom stereocenters. The molecule has 1 saturated carbocycles. The van der Waals surface area contributed by atoms with E-state index in [1.54, 1.807) is 10.5 Å². The Hall–Kier alpha value is -3.68. The molecule has 2 fully saturated rings. The van der Waals surface area contributed by atoms with Crippen LogP contribution in [0.15, 0.2) is 18.3 Å². The van der Waals surface area contributed by atoms with Crippen molar-refractivity contribution in [3.8, 4) is 11.8 Å². The van der Waals surface area contributed by atoms with Gasteiger partial charge in [-0.1, -0.05) is 6.42 Å². The molecule has 36 heavy (non-hydrogen) atoms. The normalized spacial score (nSPS) is 20.7. The summed E-state index contributed by atoms with van der Waals surface area (Å²) in [6.07, 6.45) is -1.34. The number of nitrogens with one attached hydrogen (secondary N) is 1. The van der Waals surface area contributed by atoms with Crippen LogP contribution in [0.3, 0.4) is 0 Å². The van der Waals surface area contributed by atoms with E-state index in [-0.39, 0.29) is 36.7 Å². The van der Waals surface area contributed by atoms with Crippen molar-refractivity contribution in [2.45, 2.75) is 49.9 Å². The van der Waals surface area contributed by atoms with Gasteiger partial charge >= 0.3 is 6.18 Å². The number of pyridine rings is 1. The quantitative estimate of drug-likeness (QED) is 0.494. The molecule has 5 rings (SSSR count). The van der Waals surface area contributed by atoms with Crippen LogP contribution in [0.4, 0.5) is 19.1 Å². The Morgan fingerprint density at radius 3 is 2.72 bits per heavy atom. The lowest BCUT2D eigenvalue weighted by Crippen LogP contribution is -2.39. The number of hydrogen-bond acceptors (Lipinski definition) is 9. The van der Waals surface area contributed by atoms with Gasteiger partial charge in [-0.25, -0.2) is 9.38 Å². The monoisotopic (exact) mass is 507 g/mol. The lowest BCUT2D eigenvalue weighted by atomic mass is 9.85. The first-order chi connectivity index (χ1) is 17.2. The molecule has 11 nitrogen and oxygen atoms in total. The third-order valence-corrected chi connectivity index (χ3v) is 6.31. The van der Waals surface area contributed by atoms with Crippen molar-refractivity contribution in [2.75, 3.05) is 25.6 Å². The van der Waals surface area contributed by atoms with Crippen molar-refractivity contribution < 1.29 is 32.2 Å². The van der Waals surface area contributed by atoms with E-state index in [4.69, 9.17) is 19.9 Å². The third kappa shape index (κ3) is 4.72. The van der Waals surface area contributed by atoms with Crippen LogP contribution in [0.5, 0.6) is 11.8 Å². The molecule has 1 amide bonds. The second-order valence-corrected chi connectivity index (χ2v) is 8.79. The number of primary amides is 1. The fraction of sp³-hybridized carbons (Fsp3) is 0.500. The summed E-state index contributed by atoms with van der Waals surface area (Å²) in [4.78, 5) is 19.6. The number of carbonyl (C=O) groups is 1. The van der Waals surface area contributed by atoms with Crippen molar-refractivity contribution in [1.29, 1.82) is 0 Å². The summed E-state index contributed by atoms with van der Waals surface area (Å²) in [5.41, 5.74) is 5.06. The highest BCUT2D eigenvalue weighted by Crippen LogP contribution is 2.37. The molecule has 14 heteroatoms. The molecule has 0 radical (unpaired) electrons. The molecular weight excluding hydrogens is 483 g/mol. The fourth-order valence-corrected chi connectivity index (χ4v) is 4.46. The number of fused-ring (bicyclic) bond motifs is 1. The second-order valence-electron chi connectivity index (χ2n) is 8.79. The Morgan fingerprint density at radius 2 is 2.06 bits per heavy atom. The highest BCUT2D eigenvalue weighted by Gasteiger charge is 2.38. The van der Waals surface area contributed by atoms with Crippen molar-refractivity contribution in [3.63, 3.8) is 0 Å². The largest absolute Gasteiger partial charge is 0.482 e. The number of nitrogens with zero attached hydrogens (tertiary/aromatic N) is 5. The smallest absolute Gasteiger partial charge is 0.423 e. The molecule has 3 aromatic heterocycles. The zero-order valence-electron chi connectivity index (χ0n) is 19.3. The van der Waals surface area contributed by atoms with Crippen LogP contribution in [-0.2, 0) is 10.9 Å². The molecule has 1 saturated heterocycles. The van der Waals surface area contributed by atoms with Crippen molar-refractivity contribution in [2.24, 2.45) is 5.73 Å². The van der Waals surface area contributed by atoms with Crippen LogP contribution in [-0.4, -0.2) is 62.9 Å². The van der Waals surface area contributed by atoms with Crippen LogP contribution >= 0.6 is 0 Å². The Labute approximate surface area is 203 Å². The minimum Gasteiger partial charge on any atom is -0.482 e. The first-order valence-electron chi connectivity index (χ1n) is 11.4. The molecule has 192 valence electrons. The molecule has 2 atom stereocenters. The summed E-state index contributed by atoms with van der Waals surface area (Å²) < 4.78 is 57.8. The van der Waals surface area contributed by atoms with Crippen molar-refractivity contribution in [3.05, 3.63) is 35.3 Å². The Kier molecular flexibility index (Phi) is 6.28. The molecule has 3 N–H and O–H groups in total. The van der Waals surface area contributed by atoms with Crippen LogP contribution in [0.25, 0.3) is 5.65 Å². The second kappa shape index (κ2) is 9.41. The van der Waals surface area contributed by atoms with Gasteiger partial charge in [-0.3, -0.25) is 4.79 Å². The number of ether oxygens (including phenoxy) is 3. The summed E-state index contributed by atoms with van der Waals surface area (Å²) >= 11 is 0. The average molecular weight is 507 g/mol. The van der Waals surface area contributed by atoms with Gasteiger partial charge in [-0.2, -0.15) is 18.2 Å². The van der Waals surface area contributed by atoms with E-state index in [0.29, 0.717) is 23.8 Å². The summed E-state index contributed by atoms with van der Waals surface area (Å²) in [7, 11) is 1.48. The molecule has 0 aromatic carbocycles. The minimum atomic E-state index is -4.64. The third-order valence-electron chi connectivity index (χ3n) is 6.31. The molecule has 3 aromatic rings. The van der Waals surface area contributed by atoms with Gasteiger partial charge in [0.15, 0.2) is 5.65 Å². The predicted molar refractivity (Wildman–Crippen MR) is 119 cm³/mol. The van der Waals surface area contributed by atoms with Gasteiger partial charge in [-0.05, 0) is 25.3 Å². The number of anilines is 1. The van der Waals surface area contributed by atoms with Gasteiger partial charge in [0.05, 0.1) is 20.3 Å². The van der Waals surface area contributed by atoms with Gasteiger partial charge in [0.2, 0.25) is 23.6 Å². The van der Waals surface area contributed by atoms with Crippen LogP contribution in [0.1, 0.15) is 53.3 Å². The first kappa shape index (κ1) is 24.0. The molecule has 0 spiro atoms. The van der Waals surface area contributed by atoms with Gasteiger partial charge in [0.1, 0.15) is 17.5 Å². The maximum atomic E-state index is 13.4. The summed E-state index contributed by atoms with van der Waals surface area (Å²) in [5, 5.41) is 11.7. The van der Waals surface area contributed by atoms with Gasteiger partial charge in [0, 0.05) is 29.8 Å². The lowest BCUT2D eigenvalue weighted by Gasteiger charge is -2.30. The highest BCUT2D eigenvalue weighted by atomic mass is 19.4. The van der Waals surface area contributed by atoms with E-state index in [1.165, 1.54) is 13.2 Å². The van der Waals surface area contributed by atoms with Gasteiger partial charge in [-0.15, -0.1) is 10.2 Å². The Morgan fingerprint density at radius 1 is 1.25 bits per heavy atom. The number of nitrogens with two attached hydrogens (primary N) is 1. The number of methoxy groups -OCH3 is 1. The molecule has 2 aliphatic rings. The van der Waals surface area contributed by atoms with Crippen LogP contribution in [0, 0.1) is 0 Å². The van der Waals surface area contributed by atoms with E-state index in [2.05, 4.69) is 25.5 Å². The number of alkyl halides is 3. The summed E-state index contributed by atoms with van der Waals surface area (Å²) in [6, 6.07) is 2.96. The zero-order valence-corrected chi connectivity index (χ0v) is 19.3. The number of hydrogen-bond donors (Lipinski definition) is 2. The number of carbonyl (C=O) groups excluding carboxylic acids is 1. The zero-order chi connectivity index (χ0) is 25.4. The summed E-state index contributed by atoms with van der Waals surface area (Å²) in [6.45, 7) is 0.427. The Bertz CT molecular complexity index is 1280. The van der Waals surface area contributed by atoms with Crippen molar-refractivity contribution in [1.82, 2.24) is 24.6 Å². The van der Waals surface area contributed by atoms with Gasteiger partial charge < -0.3 is 25.3 Å². The number of halogens is 3. The Balaban J connectivity index is 1.37. The first-order valence-corrected chi connectivity index (χ1v) is 11.4. The average Bonchev–Trinajstić information content (AvgIpc) is 3.24. The lowest BCUT2D eigenvalue weighted by molar-refractivity contribution is -0.142. The molecule has 4 heterocycles. The minimum absolute atomic E-state index is 0.0307. The highest BCUT2D eigenvalue weighted by molar-refractivity contribution is 5.94. The predicted octanol–water partition coefficient (Wildman–Crippen LogP) is 2.56. The summed E-state index contributed by atoms with van der Waals surface area (Å²) in [5.74, 6) is -0.0578. The molecule has 0 bridgehead atoms. The molecule has 1 aliphatic carbocycles. The van der Waals surface area contributed by atoms with Crippen molar-refractivity contribution >= 4 is 17.5 Å². The van der Waals surface area contributed by atoms with Gasteiger partial charge in [0.25, 0.3) is 0 Å². The fourth-order valence-electron chi connectivity index (χ4n) is 4.46. The van der Waals surface area contributed by atoms with Crippen LogP contribution < -0.4 is 20.5 Å². The number of amides is 1. The topological polar surface area (TPSA) is 139 Å². The van der Waals surface area contributed by atoms with E-state index in [0.717, 1.165) is 25.5 Å². The molecular formula is C22H24F3N7O4. The van der Waals surface area contributed by atoms with E-state index in [1.807, 2.05) is 0 Å². The van der Waals surface area contributed by atoms with E-state index < -0.39 is 29.6 Å². The maximum Gasteiger partial charge on any atom is 0.423 e. The van der Waals surface area contributed by atoms with E-state index >= 15 is 0 Å². The maximum absolute atomic E-state index is 13.4. The SMILES string of the molecule is COc1cc(C(N)=O)cc2nnc([C@H]3CCC[C@@H](Nc4ncc(C(F)(F)F)c(OC5COC5)n4)C3)n12.